The molecule has 0 saturated heterocycles. The molecule has 0 aliphatic rings. The smallest absolute Gasteiger partial charge is 0.302 e. The molecule has 0 aromatic rings. The van der Waals surface area contributed by atoms with Gasteiger partial charge in [-0.25, -0.2) is 0 Å². The highest BCUT2D eigenvalue weighted by molar-refractivity contribution is 5.66. The van der Waals surface area contributed by atoms with Crippen LogP contribution in [-0.2, 0) is 14.3 Å². The van der Waals surface area contributed by atoms with Gasteiger partial charge in [-0.15, -0.1) is 6.58 Å². The van der Waals surface area contributed by atoms with Crippen molar-refractivity contribution in [1.82, 2.24) is 0 Å². The van der Waals surface area contributed by atoms with Gasteiger partial charge in [0.2, 0.25) is 0 Å². The molecule has 2 atom stereocenters. The van der Waals surface area contributed by atoms with Crippen LogP contribution in [0.4, 0.5) is 0 Å². The fourth-order valence-electron chi connectivity index (χ4n) is 0.673. The number of esters is 1. The minimum absolute atomic E-state index is 0.00279. The molecule has 3 heteroatoms. The fraction of sp³-hybridized carbons (Fsp3) is 0.667. The summed E-state index contributed by atoms with van der Waals surface area (Å²) in [5.41, 5.74) is 0. The van der Waals surface area contributed by atoms with Crippen LogP contribution in [0.3, 0.4) is 0 Å². The molecule has 0 spiro atoms. The first-order chi connectivity index (χ1) is 5.56. The van der Waals surface area contributed by atoms with Gasteiger partial charge in [0.25, 0.3) is 0 Å². The SMILES string of the molecule is C=CC(C)OCC(C)OC(C)=O. The van der Waals surface area contributed by atoms with E-state index in [0.717, 1.165) is 0 Å². The maximum absolute atomic E-state index is 10.5. The van der Waals surface area contributed by atoms with Gasteiger partial charge in [-0.3, -0.25) is 4.79 Å². The van der Waals surface area contributed by atoms with E-state index in [1.807, 2.05) is 6.92 Å². The van der Waals surface area contributed by atoms with E-state index in [1.165, 1.54) is 6.92 Å². The number of hydrogen-bond acceptors (Lipinski definition) is 3. The Hall–Kier alpha value is -0.830. The lowest BCUT2D eigenvalue weighted by Gasteiger charge is -2.14. The van der Waals surface area contributed by atoms with Crippen LogP contribution in [-0.4, -0.2) is 24.8 Å². The first-order valence-corrected chi connectivity index (χ1v) is 3.97. The Morgan fingerprint density at radius 1 is 1.58 bits per heavy atom. The third kappa shape index (κ3) is 5.92. The highest BCUT2D eigenvalue weighted by Gasteiger charge is 2.06. The third-order valence-corrected chi connectivity index (χ3v) is 1.29. The summed E-state index contributed by atoms with van der Waals surface area (Å²) < 4.78 is 10.1. The number of rotatable bonds is 5. The molecule has 0 rings (SSSR count). The Kier molecular flexibility index (Phi) is 5.37. The highest BCUT2D eigenvalue weighted by atomic mass is 16.6. The summed E-state index contributed by atoms with van der Waals surface area (Å²) >= 11 is 0. The second-order valence-corrected chi connectivity index (χ2v) is 2.69. The van der Waals surface area contributed by atoms with Crippen LogP contribution in [0.5, 0.6) is 0 Å². The average molecular weight is 172 g/mol. The minimum Gasteiger partial charge on any atom is -0.460 e. The summed E-state index contributed by atoms with van der Waals surface area (Å²) in [6.07, 6.45) is 1.51. The zero-order valence-corrected chi connectivity index (χ0v) is 7.87. The van der Waals surface area contributed by atoms with Gasteiger partial charge in [-0.1, -0.05) is 6.08 Å². The molecule has 0 N–H and O–H groups in total. The fourth-order valence-corrected chi connectivity index (χ4v) is 0.673. The van der Waals surface area contributed by atoms with Crippen molar-refractivity contribution in [2.45, 2.75) is 33.0 Å². The van der Waals surface area contributed by atoms with Crippen LogP contribution in [0.1, 0.15) is 20.8 Å². The molecular formula is C9H16O3. The molecule has 0 heterocycles. The molecule has 0 aliphatic carbocycles. The topological polar surface area (TPSA) is 35.5 Å². The molecule has 0 fully saturated rings. The zero-order valence-electron chi connectivity index (χ0n) is 7.87. The van der Waals surface area contributed by atoms with E-state index in [4.69, 9.17) is 9.47 Å². The first kappa shape index (κ1) is 11.2. The lowest BCUT2D eigenvalue weighted by molar-refractivity contribution is -0.148. The van der Waals surface area contributed by atoms with Crippen LogP contribution in [0.25, 0.3) is 0 Å². The van der Waals surface area contributed by atoms with Crippen LogP contribution < -0.4 is 0 Å². The Morgan fingerprint density at radius 2 is 2.17 bits per heavy atom. The van der Waals surface area contributed by atoms with Crippen LogP contribution in [0.15, 0.2) is 12.7 Å². The van der Waals surface area contributed by atoms with Crippen molar-refractivity contribution in [2.24, 2.45) is 0 Å². The van der Waals surface area contributed by atoms with Crippen LogP contribution in [0.2, 0.25) is 0 Å². The summed E-state index contributed by atoms with van der Waals surface area (Å²) in [5.74, 6) is -0.280. The predicted octanol–water partition coefficient (Wildman–Crippen LogP) is 1.53. The molecular weight excluding hydrogens is 156 g/mol. The quantitative estimate of drug-likeness (QED) is 0.466. The number of hydrogen-bond donors (Lipinski definition) is 0. The van der Waals surface area contributed by atoms with E-state index in [1.54, 1.807) is 13.0 Å². The molecule has 0 bridgehead atoms. The van der Waals surface area contributed by atoms with Crippen molar-refractivity contribution >= 4 is 5.97 Å². The van der Waals surface area contributed by atoms with Gasteiger partial charge in [-0.05, 0) is 13.8 Å². The van der Waals surface area contributed by atoms with Crippen LogP contribution >= 0.6 is 0 Å². The maximum atomic E-state index is 10.5. The monoisotopic (exact) mass is 172 g/mol. The van der Waals surface area contributed by atoms with Crippen molar-refractivity contribution < 1.29 is 14.3 Å². The molecule has 70 valence electrons. The Bertz CT molecular complexity index is 154. The van der Waals surface area contributed by atoms with Crippen molar-refractivity contribution in [3.63, 3.8) is 0 Å². The minimum atomic E-state index is -0.280. The van der Waals surface area contributed by atoms with Crippen molar-refractivity contribution in [1.29, 1.82) is 0 Å². The molecule has 0 radical (unpaired) electrons. The number of carbonyl (C=O) groups excluding carboxylic acids is 1. The van der Waals surface area contributed by atoms with E-state index >= 15 is 0 Å². The molecule has 0 amide bonds. The zero-order chi connectivity index (χ0) is 9.56. The van der Waals surface area contributed by atoms with E-state index in [9.17, 15) is 4.79 Å². The standard InChI is InChI=1S/C9H16O3/c1-5-7(2)11-6-8(3)12-9(4)10/h5,7-8H,1,6H2,2-4H3. The summed E-state index contributed by atoms with van der Waals surface area (Å²) in [5, 5.41) is 0. The second-order valence-electron chi connectivity index (χ2n) is 2.69. The Balaban J connectivity index is 3.49. The molecule has 0 aliphatic heterocycles. The van der Waals surface area contributed by atoms with Gasteiger partial charge >= 0.3 is 5.97 Å². The molecule has 0 saturated carbocycles. The number of ether oxygens (including phenoxy) is 2. The van der Waals surface area contributed by atoms with Crippen LogP contribution in [0, 0.1) is 0 Å². The Labute approximate surface area is 73.4 Å². The first-order valence-electron chi connectivity index (χ1n) is 3.97. The lowest BCUT2D eigenvalue weighted by Crippen LogP contribution is -2.21. The lowest BCUT2D eigenvalue weighted by atomic mass is 10.4. The van der Waals surface area contributed by atoms with E-state index in [0.29, 0.717) is 6.61 Å². The van der Waals surface area contributed by atoms with Gasteiger partial charge in [-0.2, -0.15) is 0 Å². The van der Waals surface area contributed by atoms with Gasteiger partial charge < -0.3 is 9.47 Å². The van der Waals surface area contributed by atoms with E-state index < -0.39 is 0 Å². The summed E-state index contributed by atoms with van der Waals surface area (Å²) in [4.78, 5) is 10.5. The second kappa shape index (κ2) is 5.77. The summed E-state index contributed by atoms with van der Waals surface area (Å²) in [6.45, 7) is 9.03. The summed E-state index contributed by atoms with van der Waals surface area (Å²) in [6, 6.07) is 0. The van der Waals surface area contributed by atoms with E-state index in [2.05, 4.69) is 6.58 Å². The van der Waals surface area contributed by atoms with Crippen molar-refractivity contribution in [3.05, 3.63) is 12.7 Å². The molecule has 2 unspecified atom stereocenters. The molecule has 3 nitrogen and oxygen atoms in total. The highest BCUT2D eigenvalue weighted by Crippen LogP contribution is 1.97. The third-order valence-electron chi connectivity index (χ3n) is 1.29. The largest absolute Gasteiger partial charge is 0.460 e. The van der Waals surface area contributed by atoms with Gasteiger partial charge in [0.15, 0.2) is 0 Å². The molecule has 0 aromatic carbocycles. The van der Waals surface area contributed by atoms with E-state index in [-0.39, 0.29) is 18.2 Å². The van der Waals surface area contributed by atoms with Crippen molar-refractivity contribution in [3.8, 4) is 0 Å². The molecule has 0 aromatic heterocycles. The maximum Gasteiger partial charge on any atom is 0.302 e. The van der Waals surface area contributed by atoms with Crippen molar-refractivity contribution in [2.75, 3.05) is 6.61 Å². The summed E-state index contributed by atoms with van der Waals surface area (Å²) in [7, 11) is 0. The Morgan fingerprint density at radius 3 is 2.58 bits per heavy atom. The average Bonchev–Trinajstić information content (AvgIpc) is 1.99. The normalized spacial score (nSPS) is 14.9. The van der Waals surface area contributed by atoms with Gasteiger partial charge in [0.05, 0.1) is 12.7 Å². The molecule has 12 heavy (non-hydrogen) atoms. The van der Waals surface area contributed by atoms with Gasteiger partial charge in [0, 0.05) is 6.92 Å². The predicted molar refractivity (Wildman–Crippen MR) is 46.8 cm³/mol. The number of carbonyl (C=O) groups is 1. The van der Waals surface area contributed by atoms with Gasteiger partial charge in [0.1, 0.15) is 6.10 Å².